The van der Waals surface area contributed by atoms with Gasteiger partial charge in [0.15, 0.2) is 5.82 Å². The van der Waals surface area contributed by atoms with Crippen LogP contribution in [0.5, 0.6) is 0 Å². The van der Waals surface area contributed by atoms with E-state index in [9.17, 15) is 4.79 Å². The Kier molecular flexibility index (Phi) is 2.94. The van der Waals surface area contributed by atoms with Crippen molar-refractivity contribution in [2.24, 2.45) is 0 Å². The highest BCUT2D eigenvalue weighted by molar-refractivity contribution is 5.77. The third-order valence-electron chi connectivity index (χ3n) is 2.01. The molecule has 2 heterocycles. The summed E-state index contributed by atoms with van der Waals surface area (Å²) in [5, 5.41) is 21.1. The normalized spacial score (nSPS) is 10.6. The highest BCUT2D eigenvalue weighted by atomic mass is 16.2. The van der Waals surface area contributed by atoms with Crippen LogP contribution in [0.25, 0.3) is 0 Å². The minimum Gasteiger partial charge on any atom is -0.243 e. The van der Waals surface area contributed by atoms with Gasteiger partial charge in [-0.05, 0) is 27.3 Å². The molecule has 16 heavy (non-hydrogen) atoms. The van der Waals surface area contributed by atoms with Gasteiger partial charge in [-0.1, -0.05) is 13.3 Å². The van der Waals surface area contributed by atoms with Gasteiger partial charge in [-0.3, -0.25) is 0 Å². The van der Waals surface area contributed by atoms with Crippen molar-refractivity contribution in [3.8, 4) is 0 Å². The van der Waals surface area contributed by atoms with Crippen molar-refractivity contribution in [3.63, 3.8) is 0 Å². The molecule has 2 aromatic rings. The summed E-state index contributed by atoms with van der Waals surface area (Å²) in [7, 11) is 0. The summed E-state index contributed by atoms with van der Waals surface area (Å²) < 4.78 is 2.08. The number of tetrazole rings is 2. The Balaban J connectivity index is 2.20. The number of hydrogen-bond acceptors (Lipinski definition) is 7. The molecule has 0 aliphatic carbocycles. The van der Waals surface area contributed by atoms with E-state index < -0.39 is 6.03 Å². The first kappa shape index (κ1) is 10.3. The summed E-state index contributed by atoms with van der Waals surface area (Å²) >= 11 is 0. The molecule has 9 heteroatoms. The third kappa shape index (κ3) is 1.92. The fourth-order valence-electron chi connectivity index (χ4n) is 1.19. The summed E-state index contributed by atoms with van der Waals surface area (Å²) in [6.45, 7) is 2.05. The number of nitrogens with zero attached hydrogens (tertiary/aromatic N) is 8. The molecule has 0 amide bonds. The summed E-state index contributed by atoms with van der Waals surface area (Å²) in [6.07, 6.45) is 3.78. The first-order valence-electron chi connectivity index (χ1n) is 4.88. The quantitative estimate of drug-likeness (QED) is 0.645. The van der Waals surface area contributed by atoms with E-state index in [2.05, 4.69) is 38.0 Å². The van der Waals surface area contributed by atoms with Crippen molar-refractivity contribution in [1.82, 2.24) is 40.4 Å². The van der Waals surface area contributed by atoms with Gasteiger partial charge in [-0.2, -0.15) is 0 Å². The van der Waals surface area contributed by atoms with E-state index in [0.29, 0.717) is 12.2 Å². The third-order valence-corrected chi connectivity index (χ3v) is 2.01. The Morgan fingerprint density at radius 1 is 1.38 bits per heavy atom. The number of carbonyl (C=O) groups is 1. The van der Waals surface area contributed by atoms with Crippen LogP contribution in [-0.4, -0.2) is 46.4 Å². The lowest BCUT2D eigenvalue weighted by molar-refractivity contribution is 0.236. The van der Waals surface area contributed by atoms with Crippen LogP contribution in [0.2, 0.25) is 0 Å². The first-order valence-corrected chi connectivity index (χ1v) is 4.88. The fourth-order valence-corrected chi connectivity index (χ4v) is 1.19. The number of unbranched alkanes of at least 4 members (excludes halogenated alkanes) is 1. The van der Waals surface area contributed by atoms with Crippen LogP contribution in [0.3, 0.4) is 0 Å². The van der Waals surface area contributed by atoms with Gasteiger partial charge in [-0.15, -0.1) is 19.6 Å². The minimum absolute atomic E-state index is 0.485. The zero-order valence-electron chi connectivity index (χ0n) is 8.68. The second-order valence-electron chi connectivity index (χ2n) is 3.15. The lowest BCUT2D eigenvalue weighted by atomic mass is 10.2. The number of rotatable bonds is 3. The molecule has 0 aliphatic rings. The monoisotopic (exact) mass is 222 g/mol. The molecule has 0 atom stereocenters. The molecule has 2 rings (SSSR count). The fraction of sp³-hybridized carbons (Fsp3) is 0.571. The summed E-state index contributed by atoms with van der Waals surface area (Å²) in [4.78, 5) is 11.8. The molecule has 0 fully saturated rings. The standard InChI is InChI=1S/C7H10N8O/c1-2-3-4-6-9-11-13-15(6)7(16)14-5-8-10-12-14/h5H,2-4H2,1H3. The van der Waals surface area contributed by atoms with Crippen LogP contribution >= 0.6 is 0 Å². The predicted octanol–water partition coefficient (Wildman–Crippen LogP) is -0.481. The Morgan fingerprint density at radius 3 is 2.94 bits per heavy atom. The summed E-state index contributed by atoms with van der Waals surface area (Å²) in [5.41, 5.74) is 0. The number of aryl methyl sites for hydroxylation is 1. The molecule has 0 aliphatic heterocycles. The molecular formula is C7H10N8O. The van der Waals surface area contributed by atoms with Crippen LogP contribution in [0, 0.1) is 0 Å². The topological polar surface area (TPSA) is 104 Å². The zero-order chi connectivity index (χ0) is 11.4. The van der Waals surface area contributed by atoms with Crippen molar-refractivity contribution in [1.29, 1.82) is 0 Å². The van der Waals surface area contributed by atoms with Crippen molar-refractivity contribution in [3.05, 3.63) is 12.2 Å². The van der Waals surface area contributed by atoms with Crippen LogP contribution in [-0.2, 0) is 6.42 Å². The van der Waals surface area contributed by atoms with Crippen molar-refractivity contribution >= 4 is 6.03 Å². The lowest BCUT2D eigenvalue weighted by Gasteiger charge is -2.00. The van der Waals surface area contributed by atoms with E-state index in [4.69, 9.17) is 0 Å². The van der Waals surface area contributed by atoms with Crippen LogP contribution in [0.1, 0.15) is 25.6 Å². The lowest BCUT2D eigenvalue weighted by Crippen LogP contribution is -2.23. The van der Waals surface area contributed by atoms with E-state index in [1.54, 1.807) is 0 Å². The molecule has 0 spiro atoms. The molecule has 0 unspecified atom stereocenters. The molecule has 2 aromatic heterocycles. The number of aromatic nitrogens is 8. The Morgan fingerprint density at radius 2 is 2.25 bits per heavy atom. The Bertz CT molecular complexity index is 460. The minimum atomic E-state index is -0.485. The van der Waals surface area contributed by atoms with E-state index >= 15 is 0 Å². The van der Waals surface area contributed by atoms with Gasteiger partial charge >= 0.3 is 6.03 Å². The smallest absolute Gasteiger partial charge is 0.243 e. The van der Waals surface area contributed by atoms with Gasteiger partial charge < -0.3 is 0 Å². The summed E-state index contributed by atoms with van der Waals surface area (Å²) in [5.74, 6) is 0.516. The largest absolute Gasteiger partial charge is 0.375 e. The van der Waals surface area contributed by atoms with Crippen molar-refractivity contribution in [2.75, 3.05) is 0 Å². The molecule has 9 nitrogen and oxygen atoms in total. The maximum Gasteiger partial charge on any atom is 0.375 e. The molecule has 0 N–H and O–H groups in total. The van der Waals surface area contributed by atoms with E-state index in [0.717, 1.165) is 22.2 Å². The highest BCUT2D eigenvalue weighted by Gasteiger charge is 2.15. The SMILES string of the molecule is CCCCc1nnnn1C(=O)n1cnnn1. The van der Waals surface area contributed by atoms with Crippen molar-refractivity contribution in [2.45, 2.75) is 26.2 Å². The van der Waals surface area contributed by atoms with E-state index in [1.165, 1.54) is 6.33 Å². The molecule has 84 valence electrons. The van der Waals surface area contributed by atoms with E-state index in [1.807, 2.05) is 0 Å². The summed E-state index contributed by atoms with van der Waals surface area (Å²) in [6, 6.07) is -0.485. The second-order valence-corrected chi connectivity index (χ2v) is 3.15. The average molecular weight is 222 g/mol. The van der Waals surface area contributed by atoms with Gasteiger partial charge in [0.2, 0.25) is 0 Å². The molecule has 0 saturated carbocycles. The van der Waals surface area contributed by atoms with Crippen LogP contribution < -0.4 is 0 Å². The zero-order valence-corrected chi connectivity index (χ0v) is 8.68. The Hall–Kier alpha value is -2.19. The molecular weight excluding hydrogens is 212 g/mol. The molecule has 0 aromatic carbocycles. The van der Waals surface area contributed by atoms with Crippen molar-refractivity contribution < 1.29 is 4.79 Å². The van der Waals surface area contributed by atoms with Crippen LogP contribution in [0.4, 0.5) is 4.79 Å². The predicted molar refractivity (Wildman–Crippen MR) is 50.4 cm³/mol. The highest BCUT2D eigenvalue weighted by Crippen LogP contribution is 2.00. The van der Waals surface area contributed by atoms with Gasteiger partial charge in [0.25, 0.3) is 0 Å². The second kappa shape index (κ2) is 4.55. The van der Waals surface area contributed by atoms with Gasteiger partial charge in [0.1, 0.15) is 6.33 Å². The van der Waals surface area contributed by atoms with Gasteiger partial charge in [0.05, 0.1) is 0 Å². The van der Waals surface area contributed by atoms with Gasteiger partial charge in [-0.25, -0.2) is 4.79 Å². The maximum atomic E-state index is 11.8. The molecule has 0 bridgehead atoms. The first-order chi connectivity index (χ1) is 7.83. The Labute approximate surface area is 90.4 Å². The maximum absolute atomic E-state index is 11.8. The molecule has 0 saturated heterocycles. The van der Waals surface area contributed by atoms with Crippen LogP contribution in [0.15, 0.2) is 6.33 Å². The average Bonchev–Trinajstić information content (AvgIpc) is 2.96. The van der Waals surface area contributed by atoms with E-state index in [-0.39, 0.29) is 0 Å². The molecule has 0 radical (unpaired) electrons. The number of hydrogen-bond donors (Lipinski definition) is 0. The number of carbonyl (C=O) groups excluding carboxylic acids is 1. The van der Waals surface area contributed by atoms with Gasteiger partial charge in [0, 0.05) is 6.42 Å².